The minimum absolute atomic E-state index is 0.127. The number of aliphatic carboxylic acids is 1. The van der Waals surface area contributed by atoms with Gasteiger partial charge in [0.2, 0.25) is 0 Å². The first-order chi connectivity index (χ1) is 6.40. The first-order valence-corrected chi connectivity index (χ1v) is 5.38. The van der Waals surface area contributed by atoms with E-state index in [0.717, 1.165) is 16.3 Å². The molecule has 3 nitrogen and oxygen atoms in total. The fourth-order valence-electron chi connectivity index (χ4n) is 2.07. The van der Waals surface area contributed by atoms with E-state index in [0.29, 0.717) is 0 Å². The Kier molecular flexibility index (Phi) is 1.77. The molecule has 1 saturated carbocycles. The molecule has 1 N–H and O–H groups in total. The van der Waals surface area contributed by atoms with Crippen LogP contribution < -0.4 is 0 Å². The molecule has 0 radical (unpaired) electrons. The van der Waals surface area contributed by atoms with E-state index in [4.69, 9.17) is 0 Å². The van der Waals surface area contributed by atoms with Crippen LogP contribution in [-0.4, -0.2) is 16.1 Å². The van der Waals surface area contributed by atoms with Gasteiger partial charge in [-0.05, 0) is 18.8 Å². The topological polar surface area (TPSA) is 50.2 Å². The number of carboxylic acid groups (broad SMARTS) is 1. The Balaban J connectivity index is 2.46. The van der Waals surface area contributed by atoms with Gasteiger partial charge < -0.3 is 5.11 Å². The van der Waals surface area contributed by atoms with Crippen LogP contribution in [0.4, 0.5) is 0 Å². The van der Waals surface area contributed by atoms with Crippen molar-refractivity contribution in [1.29, 1.82) is 0 Å². The molecular weight excluding hydrogens is 198 g/mol. The zero-order valence-corrected chi connectivity index (χ0v) is 9.31. The highest BCUT2D eigenvalue weighted by Crippen LogP contribution is 2.65. The van der Waals surface area contributed by atoms with E-state index in [1.54, 1.807) is 6.20 Å². The van der Waals surface area contributed by atoms with E-state index >= 15 is 0 Å². The lowest BCUT2D eigenvalue weighted by Gasteiger charge is -2.12. The molecule has 1 aliphatic rings. The Hall–Kier alpha value is -0.900. The minimum Gasteiger partial charge on any atom is -0.481 e. The molecule has 4 heteroatoms. The number of rotatable bonds is 2. The monoisotopic (exact) mass is 211 g/mol. The van der Waals surface area contributed by atoms with E-state index in [1.807, 2.05) is 20.8 Å². The molecule has 0 spiro atoms. The normalized spacial score (nSPS) is 28.8. The van der Waals surface area contributed by atoms with Crippen LogP contribution in [0.1, 0.15) is 30.2 Å². The molecule has 1 atom stereocenters. The average Bonchev–Trinajstić information content (AvgIpc) is 2.44. The molecule has 1 aromatic heterocycles. The molecule has 2 rings (SSSR count). The second kappa shape index (κ2) is 2.57. The molecule has 1 unspecified atom stereocenters. The largest absolute Gasteiger partial charge is 0.481 e. The predicted octanol–water partition coefficient (Wildman–Crippen LogP) is 2.20. The molecule has 0 bridgehead atoms. The fraction of sp³-hybridized carbons (Fsp3) is 0.600. The lowest BCUT2D eigenvalue weighted by molar-refractivity contribution is -0.140. The molecule has 0 aliphatic heterocycles. The first kappa shape index (κ1) is 9.65. The van der Waals surface area contributed by atoms with Crippen molar-refractivity contribution in [2.75, 3.05) is 0 Å². The number of aromatic nitrogens is 1. The lowest BCUT2D eigenvalue weighted by Crippen LogP contribution is -2.24. The third kappa shape index (κ3) is 1.03. The molecule has 1 aliphatic carbocycles. The van der Waals surface area contributed by atoms with Crippen molar-refractivity contribution in [2.45, 2.75) is 32.6 Å². The van der Waals surface area contributed by atoms with Crippen LogP contribution in [0.5, 0.6) is 0 Å². The number of hydrogen-bond donors (Lipinski definition) is 1. The molecule has 0 amide bonds. The van der Waals surface area contributed by atoms with Crippen molar-refractivity contribution in [3.63, 3.8) is 0 Å². The van der Waals surface area contributed by atoms with Crippen LogP contribution >= 0.6 is 11.3 Å². The van der Waals surface area contributed by atoms with Crippen molar-refractivity contribution >= 4 is 17.3 Å². The van der Waals surface area contributed by atoms with Gasteiger partial charge in [0, 0.05) is 11.1 Å². The van der Waals surface area contributed by atoms with Gasteiger partial charge in [0.15, 0.2) is 0 Å². The van der Waals surface area contributed by atoms with Crippen LogP contribution in [0.3, 0.4) is 0 Å². The number of carbonyl (C=O) groups is 1. The summed E-state index contributed by atoms with van der Waals surface area (Å²) in [5.41, 5.74) is -0.795. The van der Waals surface area contributed by atoms with E-state index in [9.17, 15) is 9.90 Å². The summed E-state index contributed by atoms with van der Waals surface area (Å²) in [6.07, 6.45) is 2.43. The van der Waals surface area contributed by atoms with Crippen molar-refractivity contribution in [3.8, 4) is 0 Å². The van der Waals surface area contributed by atoms with Gasteiger partial charge in [0.25, 0.3) is 0 Å². The van der Waals surface area contributed by atoms with E-state index in [1.165, 1.54) is 11.3 Å². The smallest absolute Gasteiger partial charge is 0.315 e. The quantitative estimate of drug-likeness (QED) is 0.816. The minimum atomic E-state index is -0.717. The van der Waals surface area contributed by atoms with Crippen LogP contribution in [0.15, 0.2) is 6.20 Å². The highest BCUT2D eigenvalue weighted by atomic mass is 32.1. The zero-order chi connectivity index (χ0) is 10.6. The Morgan fingerprint density at radius 1 is 1.64 bits per heavy atom. The maximum Gasteiger partial charge on any atom is 0.315 e. The summed E-state index contributed by atoms with van der Waals surface area (Å²) >= 11 is 1.50. The zero-order valence-electron chi connectivity index (χ0n) is 8.50. The number of nitrogens with zero attached hydrogens (tertiary/aromatic N) is 1. The summed E-state index contributed by atoms with van der Waals surface area (Å²) in [6, 6.07) is 0. The molecule has 1 heterocycles. The highest BCUT2D eigenvalue weighted by molar-refractivity contribution is 7.11. The summed E-state index contributed by atoms with van der Waals surface area (Å²) < 4.78 is 0. The average molecular weight is 211 g/mol. The van der Waals surface area contributed by atoms with Crippen molar-refractivity contribution in [2.24, 2.45) is 5.41 Å². The Labute approximate surface area is 86.8 Å². The molecule has 14 heavy (non-hydrogen) atoms. The predicted molar refractivity (Wildman–Crippen MR) is 54.6 cm³/mol. The number of thiazole rings is 1. The summed E-state index contributed by atoms with van der Waals surface area (Å²) in [7, 11) is 0. The van der Waals surface area contributed by atoms with E-state index < -0.39 is 11.4 Å². The highest BCUT2D eigenvalue weighted by Gasteiger charge is 2.68. The number of hydrogen-bond acceptors (Lipinski definition) is 3. The van der Waals surface area contributed by atoms with Gasteiger partial charge in [0.05, 0.1) is 5.01 Å². The van der Waals surface area contributed by atoms with Crippen molar-refractivity contribution in [1.82, 2.24) is 4.98 Å². The first-order valence-electron chi connectivity index (χ1n) is 4.56. The summed E-state index contributed by atoms with van der Waals surface area (Å²) in [4.78, 5) is 16.3. The maximum absolute atomic E-state index is 11.3. The van der Waals surface area contributed by atoms with Crippen LogP contribution in [0.2, 0.25) is 0 Å². The van der Waals surface area contributed by atoms with Gasteiger partial charge in [-0.25, -0.2) is 4.98 Å². The Morgan fingerprint density at radius 3 is 2.50 bits per heavy atom. The van der Waals surface area contributed by atoms with E-state index in [-0.39, 0.29) is 5.41 Å². The standard InChI is InChI=1S/C10H13NO2S/c1-6-11-4-7(14-6)10(8(12)13)5-9(10,2)3/h4H,5H2,1-3H3,(H,12,13). The molecule has 0 aromatic carbocycles. The number of aryl methyl sites for hydroxylation is 1. The molecule has 76 valence electrons. The third-order valence-corrected chi connectivity index (χ3v) is 4.22. The summed E-state index contributed by atoms with van der Waals surface area (Å²) in [6.45, 7) is 5.89. The summed E-state index contributed by atoms with van der Waals surface area (Å²) in [5.74, 6) is -0.717. The van der Waals surface area contributed by atoms with Gasteiger partial charge in [-0.3, -0.25) is 4.79 Å². The van der Waals surface area contributed by atoms with Crippen LogP contribution in [0, 0.1) is 12.3 Å². The second-order valence-corrected chi connectivity index (χ2v) is 5.75. The molecule has 1 aromatic rings. The van der Waals surface area contributed by atoms with Crippen molar-refractivity contribution < 1.29 is 9.90 Å². The van der Waals surface area contributed by atoms with Gasteiger partial charge in [-0.15, -0.1) is 11.3 Å². The van der Waals surface area contributed by atoms with Crippen LogP contribution in [-0.2, 0) is 10.2 Å². The SMILES string of the molecule is Cc1ncc(C2(C(=O)O)CC2(C)C)s1. The van der Waals surface area contributed by atoms with Crippen LogP contribution in [0.25, 0.3) is 0 Å². The lowest BCUT2D eigenvalue weighted by atomic mass is 9.95. The fourth-order valence-corrected chi connectivity index (χ4v) is 3.21. The van der Waals surface area contributed by atoms with E-state index in [2.05, 4.69) is 4.98 Å². The molecular formula is C10H13NO2S. The molecule has 0 saturated heterocycles. The third-order valence-electron chi connectivity index (χ3n) is 3.14. The Bertz CT molecular complexity index is 397. The number of carboxylic acids is 1. The van der Waals surface area contributed by atoms with Gasteiger partial charge >= 0.3 is 5.97 Å². The maximum atomic E-state index is 11.3. The summed E-state index contributed by atoms with van der Waals surface area (Å²) in [5, 5.41) is 10.2. The van der Waals surface area contributed by atoms with Gasteiger partial charge in [0.1, 0.15) is 5.41 Å². The molecule has 1 fully saturated rings. The van der Waals surface area contributed by atoms with Gasteiger partial charge in [-0.2, -0.15) is 0 Å². The Morgan fingerprint density at radius 2 is 2.21 bits per heavy atom. The second-order valence-electron chi connectivity index (χ2n) is 4.51. The van der Waals surface area contributed by atoms with Gasteiger partial charge in [-0.1, -0.05) is 13.8 Å². The van der Waals surface area contributed by atoms with Crippen molar-refractivity contribution in [3.05, 3.63) is 16.1 Å².